The molecule has 1 saturated carbocycles. The van der Waals surface area contributed by atoms with Gasteiger partial charge in [-0.2, -0.15) is 0 Å². The highest BCUT2D eigenvalue weighted by Gasteiger charge is 2.25. The summed E-state index contributed by atoms with van der Waals surface area (Å²) in [5.74, 6) is 1.98. The highest BCUT2D eigenvalue weighted by Crippen LogP contribution is 2.38. The minimum Gasteiger partial charge on any atom is -0.0985 e. The summed E-state index contributed by atoms with van der Waals surface area (Å²) < 4.78 is 0. The molecular formula is C18H20. The summed E-state index contributed by atoms with van der Waals surface area (Å²) in [6.07, 6.45) is 16.5. The van der Waals surface area contributed by atoms with E-state index in [2.05, 4.69) is 49.1 Å². The van der Waals surface area contributed by atoms with Crippen LogP contribution in [0, 0.1) is 11.8 Å². The monoisotopic (exact) mass is 236 g/mol. The van der Waals surface area contributed by atoms with Crippen molar-refractivity contribution >= 4 is 12.2 Å². The molecule has 2 bridgehead atoms. The van der Waals surface area contributed by atoms with Crippen molar-refractivity contribution in [1.29, 1.82) is 0 Å². The van der Waals surface area contributed by atoms with Crippen LogP contribution in [0.5, 0.6) is 0 Å². The lowest BCUT2D eigenvalue weighted by atomic mass is 10.1. The molecule has 0 N–H and O–H groups in total. The van der Waals surface area contributed by atoms with Crippen LogP contribution >= 0.6 is 0 Å². The molecule has 0 nitrogen and oxygen atoms in total. The Morgan fingerprint density at radius 1 is 1.11 bits per heavy atom. The number of benzene rings is 1. The molecule has 0 radical (unpaired) electrons. The quantitative estimate of drug-likeness (QED) is 0.610. The van der Waals surface area contributed by atoms with Gasteiger partial charge in [0.15, 0.2) is 0 Å². The Balaban J connectivity index is 0.000000122. The van der Waals surface area contributed by atoms with Gasteiger partial charge in [0, 0.05) is 0 Å². The van der Waals surface area contributed by atoms with Crippen molar-refractivity contribution in [2.75, 3.05) is 0 Å². The van der Waals surface area contributed by atoms with Crippen LogP contribution in [0.3, 0.4) is 0 Å². The second-order valence-electron chi connectivity index (χ2n) is 5.49. The summed E-state index contributed by atoms with van der Waals surface area (Å²) in [4.78, 5) is 0. The van der Waals surface area contributed by atoms with Gasteiger partial charge in [-0.25, -0.2) is 0 Å². The van der Waals surface area contributed by atoms with E-state index in [-0.39, 0.29) is 0 Å². The van der Waals surface area contributed by atoms with E-state index in [1.54, 1.807) is 0 Å². The Kier molecular flexibility index (Phi) is 3.19. The van der Waals surface area contributed by atoms with Crippen molar-refractivity contribution in [2.45, 2.75) is 25.7 Å². The molecule has 0 amide bonds. The van der Waals surface area contributed by atoms with E-state index in [1.165, 1.54) is 36.0 Å². The molecule has 0 aromatic heterocycles. The van der Waals surface area contributed by atoms with E-state index < -0.39 is 0 Å². The van der Waals surface area contributed by atoms with Gasteiger partial charge in [-0.15, -0.1) is 0 Å². The zero-order valence-electron chi connectivity index (χ0n) is 10.8. The number of rotatable bonds is 1. The Hall–Kier alpha value is -1.56. The first-order valence-corrected chi connectivity index (χ1v) is 6.95. The van der Waals surface area contributed by atoms with E-state index in [1.807, 2.05) is 6.08 Å². The van der Waals surface area contributed by atoms with Crippen LogP contribution in [0.25, 0.3) is 12.2 Å². The minimum absolute atomic E-state index is 0.991. The minimum atomic E-state index is 0.991. The molecule has 1 aromatic carbocycles. The summed E-state index contributed by atoms with van der Waals surface area (Å²) in [6.45, 7) is 3.73. The number of allylic oxidation sites excluding steroid dienone is 3. The Morgan fingerprint density at radius 2 is 1.89 bits per heavy atom. The molecular weight excluding hydrogens is 216 g/mol. The summed E-state index contributed by atoms with van der Waals surface area (Å²) in [6, 6.07) is 6.46. The molecule has 0 heteroatoms. The van der Waals surface area contributed by atoms with Crippen LogP contribution in [-0.2, 0) is 6.42 Å². The molecule has 4 rings (SSSR count). The van der Waals surface area contributed by atoms with Crippen LogP contribution < -0.4 is 0 Å². The molecule has 2 unspecified atom stereocenters. The predicted molar refractivity (Wildman–Crippen MR) is 79.2 cm³/mol. The maximum atomic E-state index is 3.73. The Bertz CT molecular complexity index is 493. The number of hydrogen-bond donors (Lipinski definition) is 0. The molecule has 0 heterocycles. The number of hydrogen-bond acceptors (Lipinski definition) is 0. The van der Waals surface area contributed by atoms with Crippen molar-refractivity contribution in [3.05, 3.63) is 59.7 Å². The molecule has 3 aliphatic rings. The first-order chi connectivity index (χ1) is 8.85. The third kappa shape index (κ3) is 2.33. The zero-order chi connectivity index (χ0) is 12.4. The van der Waals surface area contributed by atoms with Crippen LogP contribution in [0.15, 0.2) is 43.0 Å². The lowest BCUT2D eigenvalue weighted by Gasteiger charge is -1.98. The SMILES string of the molecule is C1=CC2CCC1C2.C=Cc1ccc2c(c1)C=CC2. The largest absolute Gasteiger partial charge is 0.0985 e. The summed E-state index contributed by atoms with van der Waals surface area (Å²) >= 11 is 0. The van der Waals surface area contributed by atoms with Gasteiger partial charge in [-0.3, -0.25) is 0 Å². The second-order valence-corrected chi connectivity index (χ2v) is 5.49. The maximum Gasteiger partial charge on any atom is -0.00882 e. The van der Waals surface area contributed by atoms with Gasteiger partial charge in [0.1, 0.15) is 0 Å². The van der Waals surface area contributed by atoms with Crippen molar-refractivity contribution < 1.29 is 0 Å². The van der Waals surface area contributed by atoms with Crippen LogP contribution in [0.1, 0.15) is 36.0 Å². The zero-order valence-corrected chi connectivity index (χ0v) is 10.8. The van der Waals surface area contributed by atoms with Gasteiger partial charge in [-0.05, 0) is 60.3 Å². The summed E-state index contributed by atoms with van der Waals surface area (Å²) in [5, 5.41) is 0. The van der Waals surface area contributed by atoms with Gasteiger partial charge >= 0.3 is 0 Å². The van der Waals surface area contributed by atoms with Crippen molar-refractivity contribution in [2.24, 2.45) is 11.8 Å². The normalized spacial score (nSPS) is 25.8. The smallest absolute Gasteiger partial charge is 0.00882 e. The Labute approximate surface area is 110 Å². The maximum absolute atomic E-state index is 3.73. The fraction of sp³-hybridized carbons (Fsp3) is 0.333. The van der Waals surface area contributed by atoms with E-state index in [4.69, 9.17) is 0 Å². The highest BCUT2D eigenvalue weighted by atomic mass is 14.3. The Morgan fingerprint density at radius 3 is 2.44 bits per heavy atom. The molecule has 0 saturated heterocycles. The predicted octanol–water partition coefficient (Wildman–Crippen LogP) is 4.87. The average Bonchev–Trinajstić information content (AvgIpc) is 3.15. The van der Waals surface area contributed by atoms with Gasteiger partial charge in [0.25, 0.3) is 0 Å². The van der Waals surface area contributed by atoms with Crippen LogP contribution in [0.2, 0.25) is 0 Å². The molecule has 3 aliphatic carbocycles. The van der Waals surface area contributed by atoms with Gasteiger partial charge in [0.2, 0.25) is 0 Å². The third-order valence-electron chi connectivity index (χ3n) is 4.21. The van der Waals surface area contributed by atoms with Crippen molar-refractivity contribution in [3.8, 4) is 0 Å². The van der Waals surface area contributed by atoms with Gasteiger partial charge in [0.05, 0.1) is 0 Å². The number of fused-ring (bicyclic) bond motifs is 3. The fourth-order valence-corrected chi connectivity index (χ4v) is 3.11. The first-order valence-electron chi connectivity index (χ1n) is 6.95. The topological polar surface area (TPSA) is 0 Å². The molecule has 1 aromatic rings. The molecule has 0 spiro atoms. The van der Waals surface area contributed by atoms with Crippen molar-refractivity contribution in [1.82, 2.24) is 0 Å². The third-order valence-corrected chi connectivity index (χ3v) is 4.21. The van der Waals surface area contributed by atoms with Crippen molar-refractivity contribution in [3.63, 3.8) is 0 Å². The first kappa shape index (κ1) is 11.5. The van der Waals surface area contributed by atoms with E-state index in [9.17, 15) is 0 Å². The molecule has 92 valence electrons. The van der Waals surface area contributed by atoms with E-state index in [0.29, 0.717) is 0 Å². The second kappa shape index (κ2) is 4.97. The molecule has 18 heavy (non-hydrogen) atoms. The fourth-order valence-electron chi connectivity index (χ4n) is 3.11. The average molecular weight is 236 g/mol. The van der Waals surface area contributed by atoms with Crippen LogP contribution in [0.4, 0.5) is 0 Å². The lowest BCUT2D eigenvalue weighted by Crippen LogP contribution is -1.82. The molecule has 2 atom stereocenters. The van der Waals surface area contributed by atoms with Gasteiger partial charge in [-0.1, -0.05) is 49.1 Å². The van der Waals surface area contributed by atoms with E-state index >= 15 is 0 Å². The highest BCUT2D eigenvalue weighted by molar-refractivity contribution is 5.64. The lowest BCUT2D eigenvalue weighted by molar-refractivity contribution is 0.691. The van der Waals surface area contributed by atoms with Crippen LogP contribution in [-0.4, -0.2) is 0 Å². The standard InChI is InChI=1S/C11H10.C7H10/c1-2-9-6-7-10-4-3-5-11(10)8-9;1-2-7-4-3-6(1)5-7/h2-3,5-8H,1,4H2;1-2,6-7H,3-5H2. The molecule has 1 fully saturated rings. The molecule has 0 aliphatic heterocycles. The summed E-state index contributed by atoms with van der Waals surface area (Å²) in [5.41, 5.74) is 3.98. The van der Waals surface area contributed by atoms with E-state index in [0.717, 1.165) is 18.3 Å². The van der Waals surface area contributed by atoms with Gasteiger partial charge < -0.3 is 0 Å². The summed E-state index contributed by atoms with van der Waals surface area (Å²) in [7, 11) is 0.